The maximum Gasteiger partial charge on any atom is 0.174 e. The summed E-state index contributed by atoms with van der Waals surface area (Å²) in [5.41, 5.74) is 5.20. The Balaban J connectivity index is 1.90. The molecule has 3 aromatic rings. The van der Waals surface area contributed by atoms with Crippen molar-refractivity contribution in [1.82, 2.24) is 20.4 Å². The number of aliphatic imine (C=N–C) groups is 1. The van der Waals surface area contributed by atoms with Gasteiger partial charge in [0.05, 0.1) is 11.4 Å². The fourth-order valence-electron chi connectivity index (χ4n) is 1.95. The average molecular weight is 316 g/mol. The van der Waals surface area contributed by atoms with Crippen LogP contribution in [0, 0.1) is 0 Å². The number of pyridine rings is 3. The summed E-state index contributed by atoms with van der Waals surface area (Å²) in [6, 6.07) is 16.8. The van der Waals surface area contributed by atoms with Gasteiger partial charge in [-0.3, -0.25) is 15.4 Å². The summed E-state index contributed by atoms with van der Waals surface area (Å²) < 4.78 is 0. The van der Waals surface area contributed by atoms with E-state index in [1.165, 1.54) is 0 Å². The van der Waals surface area contributed by atoms with Crippen molar-refractivity contribution in [2.75, 3.05) is 0 Å². The lowest BCUT2D eigenvalue weighted by molar-refractivity contribution is 1.00. The highest BCUT2D eigenvalue weighted by Gasteiger charge is 2.05. The van der Waals surface area contributed by atoms with E-state index in [2.05, 4.69) is 30.5 Å². The summed E-state index contributed by atoms with van der Waals surface area (Å²) in [4.78, 5) is 17.3. The van der Waals surface area contributed by atoms with E-state index in [9.17, 15) is 0 Å². The SMILES string of the molecule is C/C(=N/NC(=Nc1ccccn1)c1ccccn1)c1ccccn1. The van der Waals surface area contributed by atoms with Crippen LogP contribution >= 0.6 is 0 Å². The summed E-state index contributed by atoms with van der Waals surface area (Å²) in [5, 5.41) is 4.37. The van der Waals surface area contributed by atoms with Gasteiger partial charge in [0.1, 0.15) is 5.69 Å². The number of amidine groups is 1. The first-order valence-electron chi connectivity index (χ1n) is 7.46. The van der Waals surface area contributed by atoms with Gasteiger partial charge in [-0.05, 0) is 43.3 Å². The largest absolute Gasteiger partial charge is 0.259 e. The Morgan fingerprint density at radius 3 is 2.00 bits per heavy atom. The smallest absolute Gasteiger partial charge is 0.174 e. The molecule has 1 N–H and O–H groups in total. The second kappa shape index (κ2) is 7.73. The average Bonchev–Trinajstić information content (AvgIpc) is 2.67. The second-order valence-electron chi connectivity index (χ2n) is 4.89. The molecule has 6 nitrogen and oxygen atoms in total. The van der Waals surface area contributed by atoms with Crippen LogP contribution in [0.25, 0.3) is 0 Å². The molecule has 0 saturated carbocycles. The summed E-state index contributed by atoms with van der Waals surface area (Å²) in [6.07, 6.45) is 5.13. The molecule has 0 aliphatic carbocycles. The van der Waals surface area contributed by atoms with Crippen molar-refractivity contribution >= 4 is 17.4 Å². The molecule has 118 valence electrons. The predicted molar refractivity (Wildman–Crippen MR) is 94.3 cm³/mol. The number of aromatic nitrogens is 3. The van der Waals surface area contributed by atoms with Gasteiger partial charge in [0, 0.05) is 18.6 Å². The molecule has 0 unspecified atom stereocenters. The van der Waals surface area contributed by atoms with Crippen LogP contribution < -0.4 is 5.43 Å². The van der Waals surface area contributed by atoms with Crippen molar-refractivity contribution in [2.24, 2.45) is 10.1 Å². The molecule has 0 aliphatic heterocycles. The van der Waals surface area contributed by atoms with E-state index < -0.39 is 0 Å². The Kier molecular flexibility index (Phi) is 4.99. The molecule has 0 fully saturated rings. The van der Waals surface area contributed by atoms with Gasteiger partial charge >= 0.3 is 0 Å². The lowest BCUT2D eigenvalue weighted by Gasteiger charge is -2.06. The van der Waals surface area contributed by atoms with Gasteiger partial charge in [0.2, 0.25) is 0 Å². The minimum absolute atomic E-state index is 0.518. The molecule has 0 amide bonds. The first-order chi connectivity index (χ1) is 11.8. The standard InChI is InChI=1S/C18H16N6/c1-14(15-8-2-5-11-19-15)23-24-18(16-9-3-6-12-20-16)22-17-10-4-7-13-21-17/h2-13H,1H3,(H,21,22,24)/b23-14-. The lowest BCUT2D eigenvalue weighted by Crippen LogP contribution is -2.22. The molecule has 3 aromatic heterocycles. The van der Waals surface area contributed by atoms with Gasteiger partial charge in [0.15, 0.2) is 11.7 Å². The molecule has 3 heterocycles. The molecule has 24 heavy (non-hydrogen) atoms. The van der Waals surface area contributed by atoms with E-state index >= 15 is 0 Å². The summed E-state index contributed by atoms with van der Waals surface area (Å²) in [5.74, 6) is 1.10. The second-order valence-corrected chi connectivity index (χ2v) is 4.89. The van der Waals surface area contributed by atoms with Gasteiger partial charge in [0.25, 0.3) is 0 Å². The van der Waals surface area contributed by atoms with Gasteiger partial charge < -0.3 is 0 Å². The van der Waals surface area contributed by atoms with Crippen molar-refractivity contribution in [1.29, 1.82) is 0 Å². The molecule has 0 radical (unpaired) electrons. The first-order valence-corrected chi connectivity index (χ1v) is 7.46. The highest BCUT2D eigenvalue weighted by atomic mass is 15.3. The lowest BCUT2D eigenvalue weighted by atomic mass is 10.3. The zero-order chi connectivity index (χ0) is 16.6. The topological polar surface area (TPSA) is 75.4 Å². The van der Waals surface area contributed by atoms with Gasteiger partial charge in [-0.25, -0.2) is 9.98 Å². The third-order valence-electron chi connectivity index (χ3n) is 3.15. The Morgan fingerprint density at radius 2 is 1.42 bits per heavy atom. The van der Waals surface area contributed by atoms with Crippen molar-refractivity contribution in [3.8, 4) is 0 Å². The number of nitrogens with zero attached hydrogens (tertiary/aromatic N) is 5. The van der Waals surface area contributed by atoms with E-state index in [1.807, 2.05) is 61.5 Å². The van der Waals surface area contributed by atoms with Crippen molar-refractivity contribution < 1.29 is 0 Å². The Bertz CT molecular complexity index is 829. The van der Waals surface area contributed by atoms with Crippen LogP contribution in [0.15, 0.2) is 83.3 Å². The van der Waals surface area contributed by atoms with Crippen LogP contribution in [-0.2, 0) is 0 Å². The minimum atomic E-state index is 0.518. The fourth-order valence-corrected chi connectivity index (χ4v) is 1.95. The number of hydrogen-bond donors (Lipinski definition) is 1. The van der Waals surface area contributed by atoms with Gasteiger partial charge in [-0.1, -0.05) is 18.2 Å². The molecule has 0 atom stereocenters. The van der Waals surface area contributed by atoms with Crippen LogP contribution in [0.2, 0.25) is 0 Å². The number of hydrazone groups is 1. The van der Waals surface area contributed by atoms with E-state index in [0.717, 1.165) is 11.4 Å². The Morgan fingerprint density at radius 1 is 0.792 bits per heavy atom. The third-order valence-corrected chi connectivity index (χ3v) is 3.15. The molecular formula is C18H16N6. The van der Waals surface area contributed by atoms with E-state index in [0.29, 0.717) is 17.3 Å². The molecule has 0 spiro atoms. The predicted octanol–water partition coefficient (Wildman–Crippen LogP) is 2.96. The molecule has 3 rings (SSSR count). The Hall–Kier alpha value is -3.41. The summed E-state index contributed by atoms with van der Waals surface area (Å²) >= 11 is 0. The number of hydrogen-bond acceptors (Lipinski definition) is 5. The molecule has 6 heteroatoms. The number of rotatable bonds is 4. The van der Waals surface area contributed by atoms with Crippen molar-refractivity contribution in [3.63, 3.8) is 0 Å². The first kappa shape index (κ1) is 15.5. The van der Waals surface area contributed by atoms with Crippen LogP contribution in [0.3, 0.4) is 0 Å². The number of nitrogens with one attached hydrogen (secondary N) is 1. The Labute approximate surface area is 140 Å². The van der Waals surface area contributed by atoms with Crippen molar-refractivity contribution in [3.05, 3.63) is 84.6 Å². The van der Waals surface area contributed by atoms with Crippen molar-refractivity contribution in [2.45, 2.75) is 6.92 Å². The molecule has 0 aromatic carbocycles. The highest BCUT2D eigenvalue weighted by molar-refractivity contribution is 6.01. The van der Waals surface area contributed by atoms with Crippen LogP contribution in [-0.4, -0.2) is 26.5 Å². The zero-order valence-corrected chi connectivity index (χ0v) is 13.2. The summed E-state index contributed by atoms with van der Waals surface area (Å²) in [6.45, 7) is 1.88. The third kappa shape index (κ3) is 4.07. The maximum atomic E-state index is 4.50. The van der Waals surface area contributed by atoms with E-state index in [1.54, 1.807) is 18.6 Å². The van der Waals surface area contributed by atoms with Crippen LogP contribution in [0.1, 0.15) is 18.3 Å². The zero-order valence-electron chi connectivity index (χ0n) is 13.2. The molecule has 0 aliphatic rings. The van der Waals surface area contributed by atoms with Gasteiger partial charge in [-0.2, -0.15) is 5.10 Å². The summed E-state index contributed by atoms with van der Waals surface area (Å²) in [7, 11) is 0. The fraction of sp³-hybridized carbons (Fsp3) is 0.0556. The molecule has 0 saturated heterocycles. The highest BCUT2D eigenvalue weighted by Crippen LogP contribution is 2.08. The molecule has 0 bridgehead atoms. The monoisotopic (exact) mass is 316 g/mol. The normalized spacial score (nSPS) is 12.0. The minimum Gasteiger partial charge on any atom is -0.259 e. The van der Waals surface area contributed by atoms with E-state index in [-0.39, 0.29) is 0 Å². The van der Waals surface area contributed by atoms with E-state index in [4.69, 9.17) is 0 Å². The maximum absolute atomic E-state index is 4.50. The molecular weight excluding hydrogens is 300 g/mol. The van der Waals surface area contributed by atoms with Crippen LogP contribution in [0.5, 0.6) is 0 Å². The van der Waals surface area contributed by atoms with Gasteiger partial charge in [-0.15, -0.1) is 0 Å². The van der Waals surface area contributed by atoms with Crippen LogP contribution in [0.4, 0.5) is 5.82 Å². The quantitative estimate of drug-likeness (QED) is 0.456.